The summed E-state index contributed by atoms with van der Waals surface area (Å²) in [6, 6.07) is 24.6. The zero-order valence-electron chi connectivity index (χ0n) is 15.4. The lowest BCUT2D eigenvalue weighted by atomic mass is 10.1. The molecule has 0 aliphatic carbocycles. The first kappa shape index (κ1) is 19.1. The van der Waals surface area contributed by atoms with E-state index >= 15 is 0 Å². The van der Waals surface area contributed by atoms with Crippen molar-refractivity contribution >= 4 is 0 Å². The Morgan fingerprint density at radius 1 is 0.778 bits per heavy atom. The van der Waals surface area contributed by atoms with E-state index in [9.17, 15) is 4.39 Å². The van der Waals surface area contributed by atoms with E-state index in [0.29, 0.717) is 6.54 Å². The van der Waals surface area contributed by atoms with Crippen molar-refractivity contribution in [2.45, 2.75) is 19.5 Å². The second kappa shape index (κ2) is 9.86. The molecule has 0 aliphatic heterocycles. The average Bonchev–Trinajstić information content (AvgIpc) is 2.69. The third kappa shape index (κ3) is 6.20. The van der Waals surface area contributed by atoms with Crippen LogP contribution in [0.15, 0.2) is 78.9 Å². The highest BCUT2D eigenvalue weighted by atomic mass is 19.1. The molecule has 3 aromatic carbocycles. The molecule has 3 nitrogen and oxygen atoms in total. The Labute approximate surface area is 160 Å². The fraction of sp³-hybridized carbons (Fsp3) is 0.217. The van der Waals surface area contributed by atoms with E-state index in [1.165, 1.54) is 17.7 Å². The van der Waals surface area contributed by atoms with E-state index in [1.54, 1.807) is 0 Å². The predicted octanol–water partition coefficient (Wildman–Crippen LogP) is 4.97. The Morgan fingerprint density at radius 3 is 2.22 bits per heavy atom. The lowest BCUT2D eigenvalue weighted by molar-refractivity contribution is 0.254. The second-order valence-electron chi connectivity index (χ2n) is 6.54. The van der Waals surface area contributed by atoms with Crippen molar-refractivity contribution in [1.82, 2.24) is 4.90 Å². The van der Waals surface area contributed by atoms with Crippen LogP contribution >= 0.6 is 0 Å². The Kier molecular flexibility index (Phi) is 6.97. The molecule has 0 bridgehead atoms. The van der Waals surface area contributed by atoms with Gasteiger partial charge in [0, 0.05) is 19.6 Å². The van der Waals surface area contributed by atoms with Gasteiger partial charge in [0.15, 0.2) is 0 Å². The quantitative estimate of drug-likeness (QED) is 0.583. The first-order valence-electron chi connectivity index (χ1n) is 9.21. The summed E-state index contributed by atoms with van der Waals surface area (Å²) in [6.45, 7) is 3.07. The molecule has 3 aromatic rings. The van der Waals surface area contributed by atoms with Gasteiger partial charge in [-0.1, -0.05) is 42.5 Å². The Bertz CT molecular complexity index is 821. The van der Waals surface area contributed by atoms with E-state index in [0.717, 1.165) is 43.1 Å². The van der Waals surface area contributed by atoms with Crippen molar-refractivity contribution in [2.24, 2.45) is 5.73 Å². The van der Waals surface area contributed by atoms with Gasteiger partial charge in [-0.2, -0.15) is 0 Å². The normalized spacial score (nSPS) is 10.9. The zero-order chi connectivity index (χ0) is 18.9. The van der Waals surface area contributed by atoms with Crippen LogP contribution in [-0.2, 0) is 13.1 Å². The zero-order valence-corrected chi connectivity index (χ0v) is 15.4. The van der Waals surface area contributed by atoms with Gasteiger partial charge in [-0.05, 0) is 60.5 Å². The van der Waals surface area contributed by atoms with Gasteiger partial charge in [-0.25, -0.2) is 4.39 Å². The highest BCUT2D eigenvalue weighted by molar-refractivity contribution is 5.34. The van der Waals surface area contributed by atoms with Crippen LogP contribution < -0.4 is 10.5 Å². The Hall–Kier alpha value is -2.69. The SMILES string of the molecule is NCCCN(Cc1ccc(F)cc1)Cc1cccc(Oc2ccccc2)c1. The molecule has 4 heteroatoms. The topological polar surface area (TPSA) is 38.5 Å². The van der Waals surface area contributed by atoms with E-state index in [2.05, 4.69) is 17.0 Å². The van der Waals surface area contributed by atoms with Crippen LogP contribution in [0.3, 0.4) is 0 Å². The molecular weight excluding hydrogens is 339 g/mol. The highest BCUT2D eigenvalue weighted by Gasteiger charge is 2.08. The maximum absolute atomic E-state index is 13.2. The monoisotopic (exact) mass is 364 g/mol. The lowest BCUT2D eigenvalue weighted by Gasteiger charge is -2.22. The Morgan fingerprint density at radius 2 is 1.48 bits per heavy atom. The fourth-order valence-electron chi connectivity index (χ4n) is 2.97. The molecule has 0 heterocycles. The van der Waals surface area contributed by atoms with Crippen LogP contribution in [0.25, 0.3) is 0 Å². The van der Waals surface area contributed by atoms with Gasteiger partial charge >= 0.3 is 0 Å². The van der Waals surface area contributed by atoms with Crippen molar-refractivity contribution in [1.29, 1.82) is 0 Å². The number of para-hydroxylation sites is 1. The molecule has 140 valence electrons. The molecule has 0 unspecified atom stereocenters. The van der Waals surface area contributed by atoms with Gasteiger partial charge < -0.3 is 10.5 Å². The van der Waals surface area contributed by atoms with Crippen LogP contribution in [0.2, 0.25) is 0 Å². The third-order valence-corrected chi connectivity index (χ3v) is 4.28. The molecule has 0 radical (unpaired) electrons. The number of hydrogen-bond donors (Lipinski definition) is 1. The fourth-order valence-corrected chi connectivity index (χ4v) is 2.97. The minimum absolute atomic E-state index is 0.210. The summed E-state index contributed by atoms with van der Waals surface area (Å²) in [5.41, 5.74) is 7.95. The van der Waals surface area contributed by atoms with Gasteiger partial charge in [0.25, 0.3) is 0 Å². The van der Waals surface area contributed by atoms with E-state index in [1.807, 2.05) is 54.6 Å². The van der Waals surface area contributed by atoms with Gasteiger partial charge in [0.05, 0.1) is 0 Å². The van der Waals surface area contributed by atoms with Crippen LogP contribution in [-0.4, -0.2) is 18.0 Å². The summed E-state index contributed by atoms with van der Waals surface area (Å²) in [7, 11) is 0. The number of rotatable bonds is 9. The molecular formula is C23H25FN2O. The van der Waals surface area contributed by atoms with Crippen LogP contribution in [0.4, 0.5) is 4.39 Å². The standard InChI is InChI=1S/C23H25FN2O/c24-21-12-10-19(11-13-21)17-26(15-5-14-25)18-20-6-4-9-23(16-20)27-22-7-2-1-3-8-22/h1-4,6-13,16H,5,14-15,17-18,25H2. The van der Waals surface area contributed by atoms with Crippen LogP contribution in [0.1, 0.15) is 17.5 Å². The third-order valence-electron chi connectivity index (χ3n) is 4.28. The number of halogens is 1. The number of nitrogens with zero attached hydrogens (tertiary/aromatic N) is 1. The minimum Gasteiger partial charge on any atom is -0.457 e. The molecule has 3 rings (SSSR count). The summed E-state index contributed by atoms with van der Waals surface area (Å²) in [5, 5.41) is 0. The molecule has 0 fully saturated rings. The molecule has 0 amide bonds. The van der Waals surface area contributed by atoms with Gasteiger partial charge in [0.1, 0.15) is 17.3 Å². The van der Waals surface area contributed by atoms with Crippen LogP contribution in [0.5, 0.6) is 11.5 Å². The molecule has 0 spiro atoms. The van der Waals surface area contributed by atoms with Crippen molar-refractivity contribution in [2.75, 3.05) is 13.1 Å². The predicted molar refractivity (Wildman–Crippen MR) is 107 cm³/mol. The van der Waals surface area contributed by atoms with Crippen molar-refractivity contribution in [3.63, 3.8) is 0 Å². The van der Waals surface area contributed by atoms with Gasteiger partial charge in [-0.3, -0.25) is 4.90 Å². The van der Waals surface area contributed by atoms with E-state index in [-0.39, 0.29) is 5.82 Å². The highest BCUT2D eigenvalue weighted by Crippen LogP contribution is 2.23. The summed E-state index contributed by atoms with van der Waals surface area (Å²) in [5.74, 6) is 1.43. The second-order valence-corrected chi connectivity index (χ2v) is 6.54. The van der Waals surface area contributed by atoms with Crippen molar-refractivity contribution in [3.8, 4) is 11.5 Å². The number of ether oxygens (including phenoxy) is 1. The molecule has 0 saturated heterocycles. The first-order valence-corrected chi connectivity index (χ1v) is 9.21. The average molecular weight is 364 g/mol. The molecule has 0 aliphatic rings. The summed E-state index contributed by atoms with van der Waals surface area (Å²) < 4.78 is 19.1. The van der Waals surface area contributed by atoms with E-state index < -0.39 is 0 Å². The first-order chi connectivity index (χ1) is 13.2. The maximum atomic E-state index is 13.2. The molecule has 27 heavy (non-hydrogen) atoms. The van der Waals surface area contributed by atoms with Gasteiger partial charge in [-0.15, -0.1) is 0 Å². The molecule has 0 atom stereocenters. The Balaban J connectivity index is 1.69. The van der Waals surface area contributed by atoms with Crippen LogP contribution in [0, 0.1) is 5.82 Å². The smallest absolute Gasteiger partial charge is 0.127 e. The van der Waals surface area contributed by atoms with E-state index in [4.69, 9.17) is 10.5 Å². The summed E-state index contributed by atoms with van der Waals surface area (Å²) >= 11 is 0. The number of hydrogen-bond acceptors (Lipinski definition) is 3. The number of nitrogens with two attached hydrogens (primary N) is 1. The number of benzene rings is 3. The molecule has 2 N–H and O–H groups in total. The largest absolute Gasteiger partial charge is 0.457 e. The van der Waals surface area contributed by atoms with Crippen molar-refractivity contribution in [3.05, 3.63) is 95.8 Å². The van der Waals surface area contributed by atoms with Gasteiger partial charge in [0.2, 0.25) is 0 Å². The molecule has 0 saturated carbocycles. The lowest BCUT2D eigenvalue weighted by Crippen LogP contribution is -2.25. The van der Waals surface area contributed by atoms with Crippen molar-refractivity contribution < 1.29 is 9.13 Å². The molecule has 0 aromatic heterocycles. The maximum Gasteiger partial charge on any atom is 0.127 e. The summed E-state index contributed by atoms with van der Waals surface area (Å²) in [4.78, 5) is 2.32. The summed E-state index contributed by atoms with van der Waals surface area (Å²) in [6.07, 6.45) is 0.918. The minimum atomic E-state index is -0.210.